The van der Waals surface area contributed by atoms with Gasteiger partial charge in [0.2, 0.25) is 0 Å². The van der Waals surface area contributed by atoms with E-state index in [1.165, 1.54) is 24.6 Å². The highest BCUT2D eigenvalue weighted by molar-refractivity contribution is 7.80. The summed E-state index contributed by atoms with van der Waals surface area (Å²) in [6, 6.07) is 4.55. The number of amides is 1. The van der Waals surface area contributed by atoms with Crippen molar-refractivity contribution in [2.45, 2.75) is 19.3 Å². The van der Waals surface area contributed by atoms with Crippen molar-refractivity contribution in [2.24, 2.45) is 0 Å². The van der Waals surface area contributed by atoms with Crippen LogP contribution in [0, 0.1) is 11.6 Å². The summed E-state index contributed by atoms with van der Waals surface area (Å²) < 4.78 is 23.9. The molecule has 0 saturated carbocycles. The number of hydrogen-bond acceptors (Lipinski definition) is 2. The zero-order valence-electron chi connectivity index (χ0n) is 10.8. The van der Waals surface area contributed by atoms with E-state index in [4.69, 9.17) is 17.3 Å². The second kappa shape index (κ2) is 8.42. The second-order valence-electron chi connectivity index (χ2n) is 4.22. The molecule has 1 aliphatic rings. The maximum Gasteiger partial charge on any atom is 0.410 e. The normalized spacial score (nSPS) is 14.0. The summed E-state index contributed by atoms with van der Waals surface area (Å²) in [6.45, 7) is 1.75. The molecule has 1 aromatic carbocycles. The number of hydrogen-bond donors (Lipinski definition) is 2. The number of rotatable bonds is 0. The fraction of sp³-hybridized carbons (Fsp3) is 0.385. The lowest BCUT2D eigenvalue weighted by Crippen LogP contribution is -2.44. The topological polar surface area (TPSA) is 52.6 Å². The van der Waals surface area contributed by atoms with Crippen LogP contribution in [0.1, 0.15) is 19.3 Å². The molecule has 1 fully saturated rings. The van der Waals surface area contributed by atoms with Gasteiger partial charge in [-0.05, 0) is 43.6 Å². The maximum atomic E-state index is 11.9. The summed E-state index contributed by atoms with van der Waals surface area (Å²) in [4.78, 5) is 12.1. The fourth-order valence-corrected chi connectivity index (χ4v) is 2.00. The van der Waals surface area contributed by atoms with Gasteiger partial charge in [0.05, 0.1) is 0 Å². The molecule has 0 atom stereocenters. The van der Waals surface area contributed by atoms with Crippen molar-refractivity contribution in [1.82, 2.24) is 10.2 Å². The number of benzene rings is 1. The van der Waals surface area contributed by atoms with Crippen LogP contribution in [0.5, 0.6) is 0 Å². The van der Waals surface area contributed by atoms with Crippen molar-refractivity contribution >= 4 is 23.4 Å². The van der Waals surface area contributed by atoms with E-state index in [0.717, 1.165) is 32.0 Å². The molecule has 20 heavy (non-hydrogen) atoms. The maximum absolute atomic E-state index is 11.9. The smallest absolute Gasteiger partial charge is 0.410 e. The van der Waals surface area contributed by atoms with Gasteiger partial charge in [-0.2, -0.15) is 0 Å². The number of likely N-dealkylation sites (tertiary alicyclic amines) is 1. The Morgan fingerprint density at radius 1 is 1.20 bits per heavy atom. The van der Waals surface area contributed by atoms with E-state index < -0.39 is 17.7 Å². The Morgan fingerprint density at radius 3 is 2.15 bits per heavy atom. The number of carboxylic acid groups (broad SMARTS) is 1. The first-order valence-electron chi connectivity index (χ1n) is 6.19. The van der Waals surface area contributed by atoms with Crippen molar-refractivity contribution in [3.63, 3.8) is 0 Å². The van der Waals surface area contributed by atoms with Crippen LogP contribution in [0.2, 0.25) is 0 Å². The van der Waals surface area contributed by atoms with E-state index in [1.54, 1.807) is 0 Å². The van der Waals surface area contributed by atoms with Crippen LogP contribution in [0.3, 0.4) is 0 Å². The summed E-state index contributed by atoms with van der Waals surface area (Å²) in [6.07, 6.45) is 2.33. The van der Waals surface area contributed by atoms with Gasteiger partial charge in [-0.15, -0.1) is 0 Å². The molecule has 1 aromatic rings. The van der Waals surface area contributed by atoms with Crippen molar-refractivity contribution in [3.8, 4) is 0 Å². The molecule has 0 aliphatic carbocycles. The van der Waals surface area contributed by atoms with Crippen molar-refractivity contribution in [3.05, 3.63) is 35.9 Å². The molecule has 4 nitrogen and oxygen atoms in total. The van der Waals surface area contributed by atoms with Crippen LogP contribution in [-0.2, 0) is 0 Å². The van der Waals surface area contributed by atoms with E-state index in [9.17, 15) is 13.6 Å². The lowest BCUT2D eigenvalue weighted by molar-refractivity contribution is 0.198. The molecule has 0 aromatic heterocycles. The van der Waals surface area contributed by atoms with Gasteiger partial charge in [-0.25, -0.2) is 13.6 Å². The van der Waals surface area contributed by atoms with E-state index in [2.05, 4.69) is 5.32 Å². The van der Waals surface area contributed by atoms with Crippen LogP contribution in [0.25, 0.3) is 0 Å². The molecule has 0 spiro atoms. The largest absolute Gasteiger partial charge is 0.465 e. The Hall–Kier alpha value is -1.76. The first kappa shape index (κ1) is 16.3. The lowest BCUT2D eigenvalue weighted by atomic mass is 10.1. The molecule has 0 unspecified atom stereocenters. The highest BCUT2D eigenvalue weighted by atomic mass is 32.1. The first-order valence-corrected chi connectivity index (χ1v) is 6.60. The van der Waals surface area contributed by atoms with Gasteiger partial charge in [0.1, 0.15) is 11.6 Å². The Kier molecular flexibility index (Phi) is 6.86. The highest BCUT2D eigenvalue weighted by Gasteiger charge is 2.14. The van der Waals surface area contributed by atoms with Gasteiger partial charge in [-0.1, -0.05) is 6.07 Å². The zero-order chi connectivity index (χ0) is 15.0. The minimum atomic E-state index is -1.08. The van der Waals surface area contributed by atoms with Gasteiger partial charge in [-0.3, -0.25) is 5.32 Å². The molecule has 2 rings (SSSR count). The molecule has 1 amide bonds. The Balaban J connectivity index is 0.000000217. The summed E-state index contributed by atoms with van der Waals surface area (Å²) in [5.41, 5.74) is 0. The molecule has 7 heteroatoms. The number of halogens is 2. The van der Waals surface area contributed by atoms with Gasteiger partial charge >= 0.3 is 6.09 Å². The fourth-order valence-electron chi connectivity index (χ4n) is 1.73. The summed E-state index contributed by atoms with van der Waals surface area (Å²) in [5.74, 6) is -1.07. The van der Waals surface area contributed by atoms with Crippen LogP contribution in [0.4, 0.5) is 13.6 Å². The SMILES string of the molecule is Fc1cccc(F)c1.O=C(O)NC(=S)N1CCCCC1. The van der Waals surface area contributed by atoms with Crippen molar-refractivity contribution in [1.29, 1.82) is 0 Å². The van der Waals surface area contributed by atoms with E-state index in [1.807, 2.05) is 4.90 Å². The van der Waals surface area contributed by atoms with Gasteiger partial charge < -0.3 is 10.0 Å². The molecule has 0 radical (unpaired) electrons. The Morgan fingerprint density at radius 2 is 1.75 bits per heavy atom. The minimum Gasteiger partial charge on any atom is -0.465 e. The number of thiocarbonyl (C=S) groups is 1. The van der Waals surface area contributed by atoms with Gasteiger partial charge in [0.15, 0.2) is 5.11 Å². The first-order chi connectivity index (χ1) is 9.49. The number of nitrogens with zero attached hydrogens (tertiary/aromatic N) is 1. The van der Waals surface area contributed by atoms with Crippen LogP contribution in [0.15, 0.2) is 24.3 Å². The molecule has 0 bridgehead atoms. The van der Waals surface area contributed by atoms with E-state index in [0.29, 0.717) is 5.11 Å². The van der Waals surface area contributed by atoms with Gasteiger partial charge in [0.25, 0.3) is 0 Å². The molecule has 110 valence electrons. The average molecular weight is 302 g/mol. The molecule has 1 heterocycles. The third kappa shape index (κ3) is 6.42. The summed E-state index contributed by atoms with van der Waals surface area (Å²) >= 11 is 4.88. The van der Waals surface area contributed by atoms with Crippen molar-refractivity contribution in [2.75, 3.05) is 13.1 Å². The Bertz CT molecular complexity index is 448. The van der Waals surface area contributed by atoms with Crippen LogP contribution >= 0.6 is 12.2 Å². The summed E-state index contributed by atoms with van der Waals surface area (Å²) in [5, 5.41) is 10.9. The van der Waals surface area contributed by atoms with Crippen LogP contribution < -0.4 is 5.32 Å². The number of carbonyl (C=O) groups is 1. The zero-order valence-corrected chi connectivity index (χ0v) is 11.6. The monoisotopic (exact) mass is 302 g/mol. The standard InChI is InChI=1S/C7H12N2O2S.C6H4F2/c10-7(11)8-6(12)9-4-2-1-3-5-9;7-5-2-1-3-6(8)4-5/h1-5H2,(H,8,12)(H,10,11);1-4H. The van der Waals surface area contributed by atoms with Crippen LogP contribution in [-0.4, -0.2) is 34.3 Å². The molecular weight excluding hydrogens is 286 g/mol. The third-order valence-corrected chi connectivity index (χ3v) is 3.00. The summed E-state index contributed by atoms with van der Waals surface area (Å²) in [7, 11) is 0. The predicted octanol–water partition coefficient (Wildman–Crippen LogP) is 2.99. The third-order valence-electron chi connectivity index (χ3n) is 2.64. The molecule has 2 N–H and O–H groups in total. The van der Waals surface area contributed by atoms with E-state index >= 15 is 0 Å². The van der Waals surface area contributed by atoms with Gasteiger partial charge in [0, 0.05) is 19.2 Å². The molecule has 1 aliphatic heterocycles. The average Bonchev–Trinajstić information content (AvgIpc) is 2.39. The lowest BCUT2D eigenvalue weighted by Gasteiger charge is -2.28. The highest BCUT2D eigenvalue weighted by Crippen LogP contribution is 2.08. The molecule has 1 saturated heterocycles. The number of piperidine rings is 1. The second-order valence-corrected chi connectivity index (χ2v) is 4.61. The minimum absolute atomic E-state index is 0.335. The number of nitrogens with one attached hydrogen (secondary N) is 1. The quantitative estimate of drug-likeness (QED) is 0.723. The molecular formula is C13H16F2N2O2S. The predicted molar refractivity (Wildman–Crippen MR) is 75.5 cm³/mol. The Labute approximate surface area is 121 Å². The van der Waals surface area contributed by atoms with Crippen molar-refractivity contribution < 1.29 is 18.7 Å². The van der Waals surface area contributed by atoms with E-state index in [-0.39, 0.29) is 0 Å².